The Hall–Kier alpha value is -4.84. The zero-order valence-electron chi connectivity index (χ0n) is 22.3. The molecule has 196 valence electrons. The minimum Gasteiger partial charge on any atom is -0.465 e. The highest BCUT2D eigenvalue weighted by atomic mass is 16.5. The van der Waals surface area contributed by atoms with Gasteiger partial charge in [-0.1, -0.05) is 48.6 Å². The van der Waals surface area contributed by atoms with E-state index in [0.29, 0.717) is 24.2 Å². The summed E-state index contributed by atoms with van der Waals surface area (Å²) in [7, 11) is 2.75. The first-order valence-corrected chi connectivity index (χ1v) is 12.6. The van der Waals surface area contributed by atoms with Crippen LogP contribution in [0, 0.1) is 0 Å². The molecule has 0 aliphatic rings. The van der Waals surface area contributed by atoms with Crippen molar-refractivity contribution in [2.45, 2.75) is 20.0 Å². The maximum absolute atomic E-state index is 11.6. The number of benzene rings is 3. The van der Waals surface area contributed by atoms with Crippen molar-refractivity contribution in [2.24, 2.45) is 4.99 Å². The number of rotatable bonds is 9. The third-order valence-electron chi connectivity index (χ3n) is 6.28. The molecule has 6 heteroatoms. The predicted molar refractivity (Wildman–Crippen MR) is 153 cm³/mol. The molecular formula is C33H31N2O4+. The standard InChI is InChI=1S/C33H31N2O4/c1-4-5-26-14-15-30(20-31(26)22-34-21-24-6-10-28(11-7-24)32(36)38-2)27-16-18-35(19-17-27)23-25-8-12-29(13-9-25)33(37)39-3/h4-20,22H,21,23H2,1-3H3/q+1/b5-4-,34-22+. The molecule has 0 unspecified atom stereocenters. The molecule has 0 amide bonds. The van der Waals surface area contributed by atoms with Gasteiger partial charge in [-0.25, -0.2) is 14.2 Å². The fraction of sp³-hybridized carbons (Fsp3) is 0.152. The van der Waals surface area contributed by atoms with E-state index in [1.165, 1.54) is 14.2 Å². The van der Waals surface area contributed by atoms with Crippen molar-refractivity contribution in [3.8, 4) is 11.1 Å². The number of hydrogen-bond acceptors (Lipinski definition) is 5. The zero-order valence-corrected chi connectivity index (χ0v) is 22.3. The summed E-state index contributed by atoms with van der Waals surface area (Å²) < 4.78 is 11.6. The maximum Gasteiger partial charge on any atom is 0.337 e. The number of nitrogens with zero attached hydrogens (tertiary/aromatic N) is 2. The average Bonchev–Trinajstić information content (AvgIpc) is 2.98. The number of esters is 2. The van der Waals surface area contributed by atoms with Crippen LogP contribution in [0.1, 0.15) is 49.9 Å². The summed E-state index contributed by atoms with van der Waals surface area (Å²) in [4.78, 5) is 27.9. The number of pyridine rings is 1. The number of hydrogen-bond donors (Lipinski definition) is 0. The maximum atomic E-state index is 11.6. The Bertz CT molecular complexity index is 1490. The van der Waals surface area contributed by atoms with Crippen LogP contribution in [0.4, 0.5) is 0 Å². The van der Waals surface area contributed by atoms with Crippen LogP contribution >= 0.6 is 0 Å². The van der Waals surface area contributed by atoms with Crippen LogP contribution in [0.3, 0.4) is 0 Å². The lowest BCUT2D eigenvalue weighted by Gasteiger charge is -2.07. The van der Waals surface area contributed by atoms with E-state index in [0.717, 1.165) is 33.4 Å². The molecule has 1 heterocycles. The highest BCUT2D eigenvalue weighted by Crippen LogP contribution is 2.22. The van der Waals surface area contributed by atoms with Crippen molar-refractivity contribution >= 4 is 24.2 Å². The molecule has 0 aliphatic heterocycles. The molecule has 0 aliphatic carbocycles. The van der Waals surface area contributed by atoms with Gasteiger partial charge in [0.05, 0.1) is 31.9 Å². The molecule has 39 heavy (non-hydrogen) atoms. The highest BCUT2D eigenvalue weighted by molar-refractivity contribution is 5.90. The van der Waals surface area contributed by atoms with Crippen LogP contribution in [0.5, 0.6) is 0 Å². The predicted octanol–water partition coefficient (Wildman–Crippen LogP) is 5.91. The quantitative estimate of drug-likeness (QED) is 0.157. The van der Waals surface area contributed by atoms with Gasteiger partial charge < -0.3 is 9.47 Å². The van der Waals surface area contributed by atoms with Gasteiger partial charge in [-0.2, -0.15) is 0 Å². The largest absolute Gasteiger partial charge is 0.465 e. The number of allylic oxidation sites excluding steroid dienone is 1. The van der Waals surface area contributed by atoms with E-state index in [9.17, 15) is 9.59 Å². The summed E-state index contributed by atoms with van der Waals surface area (Å²) >= 11 is 0. The first-order valence-electron chi connectivity index (χ1n) is 12.6. The average molecular weight is 520 g/mol. The first kappa shape index (κ1) is 27.2. The van der Waals surface area contributed by atoms with Gasteiger partial charge in [0.25, 0.3) is 0 Å². The first-order chi connectivity index (χ1) is 19.0. The number of carbonyl (C=O) groups excluding carboxylic acids is 2. The number of ether oxygens (including phenoxy) is 2. The minimum atomic E-state index is -0.349. The molecule has 0 spiro atoms. The molecule has 0 fully saturated rings. The topological polar surface area (TPSA) is 68.8 Å². The van der Waals surface area contributed by atoms with Gasteiger partial charge in [-0.3, -0.25) is 4.99 Å². The fourth-order valence-corrected chi connectivity index (χ4v) is 4.14. The molecule has 4 rings (SSSR count). The van der Waals surface area contributed by atoms with E-state index in [-0.39, 0.29) is 11.9 Å². The van der Waals surface area contributed by atoms with Crippen LogP contribution in [-0.4, -0.2) is 32.4 Å². The summed E-state index contributed by atoms with van der Waals surface area (Å²) in [6, 6.07) is 25.3. The Balaban J connectivity index is 1.47. The third kappa shape index (κ3) is 7.14. The van der Waals surface area contributed by atoms with Gasteiger partial charge in [0.2, 0.25) is 0 Å². The van der Waals surface area contributed by atoms with Crippen LogP contribution in [0.25, 0.3) is 17.2 Å². The molecule has 0 bridgehead atoms. The summed E-state index contributed by atoms with van der Waals surface area (Å²) in [6.45, 7) is 3.20. The number of aromatic nitrogens is 1. The lowest BCUT2D eigenvalue weighted by molar-refractivity contribution is -0.688. The van der Waals surface area contributed by atoms with Crippen LogP contribution in [0.2, 0.25) is 0 Å². The van der Waals surface area contributed by atoms with Gasteiger partial charge in [0.15, 0.2) is 18.9 Å². The molecule has 0 saturated heterocycles. The van der Waals surface area contributed by atoms with Gasteiger partial charge >= 0.3 is 11.9 Å². The Kier molecular flexibility index (Phi) is 9.14. The minimum absolute atomic E-state index is 0.335. The second-order valence-electron chi connectivity index (χ2n) is 8.95. The second-order valence-corrected chi connectivity index (χ2v) is 8.95. The van der Waals surface area contributed by atoms with Gasteiger partial charge in [0, 0.05) is 29.5 Å². The summed E-state index contributed by atoms with van der Waals surface area (Å²) in [6.07, 6.45) is 10.1. The second kappa shape index (κ2) is 13.1. The van der Waals surface area contributed by atoms with E-state index >= 15 is 0 Å². The van der Waals surface area contributed by atoms with Gasteiger partial charge in [-0.05, 0) is 59.5 Å². The van der Waals surface area contributed by atoms with Crippen molar-refractivity contribution < 1.29 is 23.6 Å². The fourth-order valence-electron chi connectivity index (χ4n) is 4.14. The van der Waals surface area contributed by atoms with Gasteiger partial charge in [-0.15, -0.1) is 0 Å². The number of aliphatic imine (C=N–C) groups is 1. The van der Waals surface area contributed by atoms with Crippen molar-refractivity contribution in [2.75, 3.05) is 14.2 Å². The summed E-state index contributed by atoms with van der Waals surface area (Å²) in [5, 5.41) is 0. The smallest absolute Gasteiger partial charge is 0.337 e. The van der Waals surface area contributed by atoms with Crippen molar-refractivity contribution in [3.05, 3.63) is 131 Å². The molecule has 0 saturated carbocycles. The summed E-state index contributed by atoms with van der Waals surface area (Å²) in [5.41, 5.74) is 7.48. The van der Waals surface area contributed by atoms with E-state index < -0.39 is 0 Å². The molecule has 0 atom stereocenters. The van der Waals surface area contributed by atoms with E-state index in [4.69, 9.17) is 9.47 Å². The molecule has 0 radical (unpaired) electrons. The van der Waals surface area contributed by atoms with E-state index in [2.05, 4.69) is 58.4 Å². The molecule has 4 aromatic rings. The van der Waals surface area contributed by atoms with Crippen molar-refractivity contribution in [1.82, 2.24) is 0 Å². The summed E-state index contributed by atoms with van der Waals surface area (Å²) in [5.74, 6) is -0.684. The number of methoxy groups -OCH3 is 2. The normalized spacial score (nSPS) is 11.2. The Labute approximate surface area is 228 Å². The zero-order chi connectivity index (χ0) is 27.6. The van der Waals surface area contributed by atoms with Crippen LogP contribution in [-0.2, 0) is 22.6 Å². The molecule has 3 aromatic carbocycles. The van der Waals surface area contributed by atoms with Crippen LogP contribution < -0.4 is 4.57 Å². The lowest BCUT2D eigenvalue weighted by atomic mass is 10.00. The lowest BCUT2D eigenvalue weighted by Crippen LogP contribution is -2.33. The van der Waals surface area contributed by atoms with E-state index in [1.807, 2.05) is 43.5 Å². The van der Waals surface area contributed by atoms with Crippen molar-refractivity contribution in [3.63, 3.8) is 0 Å². The van der Waals surface area contributed by atoms with Crippen LogP contribution in [0.15, 0.2) is 102 Å². The van der Waals surface area contributed by atoms with E-state index in [1.54, 1.807) is 24.3 Å². The molecule has 1 aromatic heterocycles. The van der Waals surface area contributed by atoms with Gasteiger partial charge in [0.1, 0.15) is 0 Å². The SMILES string of the molecule is C/C=C\c1ccc(-c2cc[n+](Cc3ccc(C(=O)OC)cc3)cc2)cc1/C=N/Cc1ccc(C(=O)OC)cc1. The Morgan fingerprint density at radius 3 is 1.90 bits per heavy atom. The number of carbonyl (C=O) groups is 2. The third-order valence-corrected chi connectivity index (χ3v) is 6.28. The molecule has 0 N–H and O–H groups in total. The molecule has 6 nitrogen and oxygen atoms in total. The molecular weight excluding hydrogens is 488 g/mol. The highest BCUT2D eigenvalue weighted by Gasteiger charge is 2.09. The Morgan fingerprint density at radius 2 is 1.33 bits per heavy atom. The van der Waals surface area contributed by atoms with Crippen molar-refractivity contribution in [1.29, 1.82) is 0 Å². The monoisotopic (exact) mass is 519 g/mol. The Morgan fingerprint density at radius 1 is 0.744 bits per heavy atom.